The first-order chi connectivity index (χ1) is 8.28. The highest BCUT2D eigenvalue weighted by Crippen LogP contribution is 2.15. The monoisotopic (exact) mass is 227 g/mol. The van der Waals surface area contributed by atoms with Crippen LogP contribution in [0.3, 0.4) is 0 Å². The normalized spacial score (nSPS) is 10.2. The molecule has 0 bridgehead atoms. The fourth-order valence-corrected chi connectivity index (χ4v) is 1.73. The number of nitrogens with two attached hydrogens (primary N) is 1. The van der Waals surface area contributed by atoms with Crippen molar-refractivity contribution in [1.82, 2.24) is 0 Å². The predicted octanol–water partition coefficient (Wildman–Crippen LogP) is 3.03. The Morgan fingerprint density at radius 2 is 1.76 bits per heavy atom. The van der Waals surface area contributed by atoms with E-state index in [1.807, 2.05) is 30.3 Å². The molecule has 0 saturated carbocycles. The van der Waals surface area contributed by atoms with E-state index in [4.69, 9.17) is 10.5 Å². The molecule has 0 heterocycles. The topological polar surface area (TPSA) is 35.2 Å². The average molecular weight is 227 g/mol. The van der Waals surface area contributed by atoms with Gasteiger partial charge >= 0.3 is 0 Å². The maximum Gasteiger partial charge on any atom is 0.120 e. The number of benzene rings is 2. The number of rotatable bonds is 4. The van der Waals surface area contributed by atoms with E-state index in [2.05, 4.69) is 25.1 Å². The Labute approximate surface area is 102 Å². The highest BCUT2D eigenvalue weighted by Gasteiger charge is 1.97. The summed E-state index contributed by atoms with van der Waals surface area (Å²) >= 11 is 0. The molecule has 17 heavy (non-hydrogen) atoms. The third kappa shape index (κ3) is 3.33. The number of aryl methyl sites for hydroxylation is 1. The van der Waals surface area contributed by atoms with E-state index in [-0.39, 0.29) is 0 Å². The van der Waals surface area contributed by atoms with Crippen LogP contribution in [0.2, 0.25) is 0 Å². The molecule has 2 rings (SSSR count). The molecule has 0 aromatic heterocycles. The van der Waals surface area contributed by atoms with Gasteiger partial charge in [0.15, 0.2) is 0 Å². The van der Waals surface area contributed by atoms with E-state index in [0.717, 1.165) is 11.3 Å². The van der Waals surface area contributed by atoms with Crippen molar-refractivity contribution in [1.29, 1.82) is 0 Å². The summed E-state index contributed by atoms with van der Waals surface area (Å²) in [4.78, 5) is 0. The Morgan fingerprint density at radius 1 is 1.00 bits per heavy atom. The molecule has 2 aromatic rings. The number of hydrogen-bond acceptors (Lipinski definition) is 2. The van der Waals surface area contributed by atoms with E-state index >= 15 is 0 Å². The van der Waals surface area contributed by atoms with Gasteiger partial charge in [0.1, 0.15) is 12.4 Å². The fourth-order valence-electron chi connectivity index (χ4n) is 1.73. The molecule has 0 aliphatic rings. The van der Waals surface area contributed by atoms with Crippen LogP contribution in [0.25, 0.3) is 0 Å². The maximum atomic E-state index is 5.73. The van der Waals surface area contributed by atoms with Crippen molar-refractivity contribution in [2.45, 2.75) is 20.1 Å². The molecular formula is C15H17NO. The Bertz CT molecular complexity index is 494. The van der Waals surface area contributed by atoms with E-state index in [1.165, 1.54) is 11.1 Å². The second-order valence-electron chi connectivity index (χ2n) is 4.13. The lowest BCUT2D eigenvalue weighted by molar-refractivity contribution is 0.306. The van der Waals surface area contributed by atoms with Crippen LogP contribution in [-0.2, 0) is 13.2 Å². The molecule has 0 fully saturated rings. The molecule has 2 aromatic carbocycles. The molecule has 0 aliphatic carbocycles. The minimum Gasteiger partial charge on any atom is -0.489 e. The van der Waals surface area contributed by atoms with Gasteiger partial charge < -0.3 is 10.5 Å². The maximum absolute atomic E-state index is 5.73. The van der Waals surface area contributed by atoms with Gasteiger partial charge in [-0.3, -0.25) is 0 Å². The summed E-state index contributed by atoms with van der Waals surface area (Å²) in [5.74, 6) is 0.870. The molecule has 2 nitrogen and oxygen atoms in total. The molecule has 0 unspecified atom stereocenters. The van der Waals surface area contributed by atoms with E-state index in [0.29, 0.717) is 13.2 Å². The van der Waals surface area contributed by atoms with E-state index in [9.17, 15) is 0 Å². The standard InChI is InChI=1S/C15H17NO/c1-12-4-2-6-14(8-12)11-17-15-7-3-5-13(9-15)10-16/h2-9H,10-11,16H2,1H3. The molecule has 0 amide bonds. The smallest absolute Gasteiger partial charge is 0.120 e. The van der Waals surface area contributed by atoms with Crippen LogP contribution in [0.15, 0.2) is 48.5 Å². The third-order valence-electron chi connectivity index (χ3n) is 2.62. The molecule has 0 atom stereocenters. The van der Waals surface area contributed by atoms with Crippen molar-refractivity contribution in [3.8, 4) is 5.75 Å². The molecule has 0 saturated heterocycles. The van der Waals surface area contributed by atoms with Gasteiger partial charge in [-0.05, 0) is 30.2 Å². The van der Waals surface area contributed by atoms with E-state index in [1.54, 1.807) is 0 Å². The second kappa shape index (κ2) is 5.51. The van der Waals surface area contributed by atoms with Crippen LogP contribution in [0.4, 0.5) is 0 Å². The summed E-state index contributed by atoms with van der Waals surface area (Å²) in [6.45, 7) is 3.22. The van der Waals surface area contributed by atoms with Gasteiger partial charge in [0.2, 0.25) is 0 Å². The summed E-state index contributed by atoms with van der Waals surface area (Å²) in [5, 5.41) is 0. The van der Waals surface area contributed by atoms with Gasteiger partial charge in [-0.1, -0.05) is 42.0 Å². The third-order valence-corrected chi connectivity index (χ3v) is 2.62. The van der Waals surface area contributed by atoms with Crippen LogP contribution in [0, 0.1) is 6.92 Å². The molecular weight excluding hydrogens is 210 g/mol. The van der Waals surface area contributed by atoms with Crippen LogP contribution in [0.1, 0.15) is 16.7 Å². The fraction of sp³-hybridized carbons (Fsp3) is 0.200. The lowest BCUT2D eigenvalue weighted by Gasteiger charge is -2.08. The van der Waals surface area contributed by atoms with Gasteiger partial charge in [-0.25, -0.2) is 0 Å². The summed E-state index contributed by atoms with van der Waals surface area (Å²) < 4.78 is 5.73. The van der Waals surface area contributed by atoms with Crippen LogP contribution in [-0.4, -0.2) is 0 Å². The van der Waals surface area contributed by atoms with Gasteiger partial charge in [0.25, 0.3) is 0 Å². The van der Waals surface area contributed by atoms with Crippen molar-refractivity contribution in [2.24, 2.45) is 5.73 Å². The largest absolute Gasteiger partial charge is 0.489 e. The number of hydrogen-bond donors (Lipinski definition) is 1. The summed E-state index contributed by atoms with van der Waals surface area (Å²) in [5.41, 5.74) is 9.12. The molecule has 2 heteroatoms. The average Bonchev–Trinajstić information content (AvgIpc) is 2.37. The zero-order valence-electron chi connectivity index (χ0n) is 10.0. The Balaban J connectivity index is 2.02. The van der Waals surface area contributed by atoms with Crippen molar-refractivity contribution < 1.29 is 4.74 Å². The van der Waals surface area contributed by atoms with Gasteiger partial charge in [-0.15, -0.1) is 0 Å². The first kappa shape index (κ1) is 11.7. The summed E-state index contributed by atoms with van der Waals surface area (Å²) in [6, 6.07) is 16.2. The highest BCUT2D eigenvalue weighted by atomic mass is 16.5. The van der Waals surface area contributed by atoms with Crippen molar-refractivity contribution in [2.75, 3.05) is 0 Å². The number of ether oxygens (including phenoxy) is 1. The SMILES string of the molecule is Cc1cccc(COc2cccc(CN)c2)c1. The lowest BCUT2D eigenvalue weighted by Crippen LogP contribution is -1.99. The minimum atomic E-state index is 0.543. The Kier molecular flexibility index (Phi) is 3.78. The first-order valence-corrected chi connectivity index (χ1v) is 5.75. The molecule has 0 radical (unpaired) electrons. The molecule has 88 valence electrons. The summed E-state index contributed by atoms with van der Waals surface area (Å²) in [7, 11) is 0. The first-order valence-electron chi connectivity index (χ1n) is 5.75. The van der Waals surface area contributed by atoms with Crippen molar-refractivity contribution >= 4 is 0 Å². The predicted molar refractivity (Wildman–Crippen MR) is 69.8 cm³/mol. The van der Waals surface area contributed by atoms with Crippen molar-refractivity contribution in [3.63, 3.8) is 0 Å². The van der Waals surface area contributed by atoms with E-state index < -0.39 is 0 Å². The lowest BCUT2D eigenvalue weighted by atomic mass is 10.1. The van der Waals surface area contributed by atoms with Gasteiger partial charge in [0.05, 0.1) is 0 Å². The zero-order chi connectivity index (χ0) is 12.1. The highest BCUT2D eigenvalue weighted by molar-refractivity contribution is 5.29. The van der Waals surface area contributed by atoms with Gasteiger partial charge in [0, 0.05) is 6.54 Å². The van der Waals surface area contributed by atoms with Crippen LogP contribution >= 0.6 is 0 Å². The quantitative estimate of drug-likeness (QED) is 0.871. The van der Waals surface area contributed by atoms with Gasteiger partial charge in [-0.2, -0.15) is 0 Å². The van der Waals surface area contributed by atoms with Crippen molar-refractivity contribution in [3.05, 3.63) is 65.2 Å². The molecule has 2 N–H and O–H groups in total. The minimum absolute atomic E-state index is 0.543. The zero-order valence-corrected chi connectivity index (χ0v) is 10.0. The Hall–Kier alpha value is -1.80. The van der Waals surface area contributed by atoms with Crippen LogP contribution in [0.5, 0.6) is 5.75 Å². The molecule has 0 spiro atoms. The Morgan fingerprint density at radius 3 is 2.53 bits per heavy atom. The second-order valence-corrected chi connectivity index (χ2v) is 4.13. The molecule has 0 aliphatic heterocycles. The van der Waals surface area contributed by atoms with Crippen LogP contribution < -0.4 is 10.5 Å². The summed E-state index contributed by atoms with van der Waals surface area (Å²) in [6.07, 6.45) is 0.